The van der Waals surface area contributed by atoms with Crippen LogP contribution in [0.1, 0.15) is 37.8 Å². The van der Waals surface area contributed by atoms with Crippen LogP contribution in [0.25, 0.3) is 11.0 Å². The van der Waals surface area contributed by atoms with Crippen molar-refractivity contribution in [1.82, 2.24) is 9.55 Å². The molecular weight excluding hydrogens is 321 g/mol. The maximum absolute atomic E-state index is 6.20. The van der Waals surface area contributed by atoms with E-state index in [1.54, 1.807) is 0 Å². The Bertz CT molecular complexity index is 534. The minimum atomic E-state index is 0. The van der Waals surface area contributed by atoms with Gasteiger partial charge in [-0.2, -0.15) is 5.92 Å². The summed E-state index contributed by atoms with van der Waals surface area (Å²) in [5.41, 5.74) is 3.15. The monoisotopic (exact) mass is 337 g/mol. The van der Waals surface area contributed by atoms with E-state index < -0.39 is 0 Å². The third-order valence-corrected chi connectivity index (χ3v) is 3.28. The average Bonchev–Trinajstić information content (AvgIpc) is 2.63. The Labute approximate surface area is 139 Å². The normalized spacial score (nSPS) is 12.8. The van der Waals surface area contributed by atoms with Gasteiger partial charge in [0.15, 0.2) is 0 Å². The summed E-state index contributed by atoms with van der Waals surface area (Å²) in [5, 5.41) is 0.540. The summed E-state index contributed by atoms with van der Waals surface area (Å²) in [6.07, 6.45) is 0.755. The van der Waals surface area contributed by atoms with Gasteiger partial charge in [-0.3, -0.25) is 0 Å². The fraction of sp³-hybridized carbons (Fsp3) is 0.357. The van der Waals surface area contributed by atoms with Crippen molar-refractivity contribution < 1.29 is 32.7 Å². The van der Waals surface area contributed by atoms with Crippen LogP contribution in [0, 0.1) is 13.8 Å². The number of nitrogens with zero attached hydrogens (tertiary/aromatic N) is 2. The van der Waals surface area contributed by atoms with Gasteiger partial charge in [0.2, 0.25) is 5.28 Å². The molecule has 2 nitrogen and oxygen atoms in total. The third kappa shape index (κ3) is 2.81. The van der Waals surface area contributed by atoms with Gasteiger partial charge in [0, 0.05) is 38.8 Å². The first-order chi connectivity index (χ1) is 8.06. The summed E-state index contributed by atoms with van der Waals surface area (Å²) >= 11 is 6.20. The van der Waals surface area contributed by atoms with Crippen LogP contribution in [-0.4, -0.2) is 9.55 Å². The van der Waals surface area contributed by atoms with E-state index >= 15 is 0 Å². The van der Waals surface area contributed by atoms with Crippen LogP contribution in [0.15, 0.2) is 18.2 Å². The number of hydrogen-bond acceptors (Lipinski definition) is 1. The summed E-state index contributed by atoms with van der Waals surface area (Å²) < 4.78 is 2.04. The van der Waals surface area contributed by atoms with Crippen molar-refractivity contribution >= 4 is 22.6 Å². The van der Waals surface area contributed by atoms with Crippen molar-refractivity contribution in [2.45, 2.75) is 32.2 Å². The van der Waals surface area contributed by atoms with Crippen molar-refractivity contribution in [3.8, 4) is 0 Å². The number of fused-ring (bicyclic) bond motifs is 1. The van der Waals surface area contributed by atoms with E-state index in [0.717, 1.165) is 23.0 Å². The zero-order chi connectivity index (χ0) is 12.6. The second-order valence-corrected chi connectivity index (χ2v) is 4.88. The van der Waals surface area contributed by atoms with Crippen LogP contribution in [0.4, 0.5) is 0 Å². The summed E-state index contributed by atoms with van der Waals surface area (Å²) in [7, 11) is 0. The van der Waals surface area contributed by atoms with Crippen molar-refractivity contribution in [1.29, 1.82) is 0 Å². The molecule has 0 fully saturated rings. The van der Waals surface area contributed by atoms with Gasteiger partial charge < -0.3 is 18.4 Å². The predicted octanol–water partition coefficient (Wildman–Crippen LogP) is 4.41. The molecule has 0 saturated heterocycles. The molecule has 18 heavy (non-hydrogen) atoms. The summed E-state index contributed by atoms with van der Waals surface area (Å²) in [6.45, 7) is 12.2. The Balaban J connectivity index is 0.00000162. The van der Waals surface area contributed by atoms with Crippen molar-refractivity contribution in [2.75, 3.05) is 0 Å². The van der Waals surface area contributed by atoms with Crippen molar-refractivity contribution in [2.24, 2.45) is 0 Å². The standard InChI is InChI=1S/C14H17ClN2.Y/c1-5-10(4)11-7-6-8-12-13(11)16-14(15)17(12)9(2)3;/h6-10H,1,4-5H2,2-3H3;/q-2;. The molecule has 0 N–H and O–H groups in total. The van der Waals surface area contributed by atoms with Crippen LogP contribution >= 0.6 is 11.6 Å². The molecule has 4 heteroatoms. The van der Waals surface area contributed by atoms with Crippen molar-refractivity contribution in [3.63, 3.8) is 0 Å². The molecule has 1 heterocycles. The quantitative estimate of drug-likeness (QED) is 0.759. The molecule has 0 aliphatic carbocycles. The number of para-hydroxylation sites is 1. The molecule has 1 atom stereocenters. The van der Waals surface area contributed by atoms with Crippen molar-refractivity contribution in [3.05, 3.63) is 42.9 Å². The minimum absolute atomic E-state index is 0. The maximum Gasteiger partial charge on any atom is 0.204 e. The van der Waals surface area contributed by atoms with Crippen LogP contribution in [0.5, 0.6) is 0 Å². The SMILES string of the molecule is [CH2-]CC([CH2-])c1cccc2c1nc(Cl)n2C(C)C.[Y]. The Morgan fingerprint density at radius 1 is 1.39 bits per heavy atom. The van der Waals surface area contributed by atoms with Gasteiger partial charge >= 0.3 is 0 Å². The third-order valence-electron chi connectivity index (χ3n) is 3.01. The number of rotatable bonds is 3. The van der Waals surface area contributed by atoms with Gasteiger partial charge in [-0.1, -0.05) is 12.1 Å². The van der Waals surface area contributed by atoms with Crippen LogP contribution < -0.4 is 0 Å². The number of hydrogen-bond donors (Lipinski definition) is 0. The minimum Gasteiger partial charge on any atom is -0.345 e. The number of halogens is 1. The molecule has 0 saturated carbocycles. The molecule has 0 spiro atoms. The van der Waals surface area contributed by atoms with E-state index in [9.17, 15) is 0 Å². The van der Waals surface area contributed by atoms with E-state index in [0.29, 0.717) is 11.3 Å². The molecular formula is C14H17ClN2Y-2. The second kappa shape index (κ2) is 6.50. The average molecular weight is 338 g/mol. The summed E-state index contributed by atoms with van der Waals surface area (Å²) in [4.78, 5) is 4.46. The van der Waals surface area contributed by atoms with Gasteiger partial charge in [-0.15, -0.1) is 0 Å². The van der Waals surface area contributed by atoms with E-state index in [1.165, 1.54) is 0 Å². The summed E-state index contributed by atoms with van der Waals surface area (Å²) in [6, 6.07) is 6.43. The Kier molecular flexibility index (Phi) is 5.82. The first kappa shape index (κ1) is 16.1. The van der Waals surface area contributed by atoms with E-state index in [1.807, 2.05) is 16.7 Å². The first-order valence-electron chi connectivity index (χ1n) is 5.85. The van der Waals surface area contributed by atoms with Crippen LogP contribution in [-0.2, 0) is 32.7 Å². The van der Waals surface area contributed by atoms with Gasteiger partial charge in [0.25, 0.3) is 0 Å². The molecule has 0 aliphatic heterocycles. The molecule has 0 bridgehead atoms. The largest absolute Gasteiger partial charge is 0.345 e. The van der Waals surface area contributed by atoms with Crippen LogP contribution in [0.2, 0.25) is 5.28 Å². The molecule has 2 aromatic rings. The van der Waals surface area contributed by atoms with E-state index in [2.05, 4.69) is 38.7 Å². The van der Waals surface area contributed by atoms with Gasteiger partial charge in [0.05, 0.1) is 11.0 Å². The predicted molar refractivity (Wildman–Crippen MR) is 73.2 cm³/mol. The molecule has 1 aromatic carbocycles. The molecule has 1 radical (unpaired) electrons. The Morgan fingerprint density at radius 3 is 2.61 bits per heavy atom. The molecule has 1 aromatic heterocycles. The molecule has 95 valence electrons. The Hall–Kier alpha value is 0.0839. The molecule has 1 unspecified atom stereocenters. The van der Waals surface area contributed by atoms with E-state index in [-0.39, 0.29) is 38.6 Å². The molecule has 0 aliphatic rings. The fourth-order valence-corrected chi connectivity index (χ4v) is 2.46. The summed E-state index contributed by atoms with van der Waals surface area (Å²) in [5.74, 6) is 0.158. The number of benzene rings is 1. The zero-order valence-electron chi connectivity index (χ0n) is 10.9. The van der Waals surface area contributed by atoms with Gasteiger partial charge in [-0.05, 0) is 37.1 Å². The van der Waals surface area contributed by atoms with E-state index in [4.69, 9.17) is 11.6 Å². The van der Waals surface area contributed by atoms with Gasteiger partial charge in [0.1, 0.15) is 0 Å². The van der Waals surface area contributed by atoms with Crippen LogP contribution in [0.3, 0.4) is 0 Å². The smallest absolute Gasteiger partial charge is 0.204 e. The number of aromatic nitrogens is 2. The fourth-order valence-electron chi connectivity index (χ4n) is 2.09. The molecule has 0 amide bonds. The van der Waals surface area contributed by atoms with Gasteiger partial charge in [-0.25, -0.2) is 11.4 Å². The zero-order valence-corrected chi connectivity index (χ0v) is 14.5. The number of imidazole rings is 1. The maximum atomic E-state index is 6.20. The first-order valence-corrected chi connectivity index (χ1v) is 6.22. The second-order valence-electron chi connectivity index (χ2n) is 4.55. The Morgan fingerprint density at radius 2 is 2.06 bits per heavy atom. The topological polar surface area (TPSA) is 17.8 Å². The molecule has 2 rings (SSSR count).